The third-order valence-electron chi connectivity index (χ3n) is 7.26. The summed E-state index contributed by atoms with van der Waals surface area (Å²) in [4.78, 5) is 19.5. The lowest BCUT2D eigenvalue weighted by molar-refractivity contribution is -0.146. The molecule has 3 aromatic carbocycles. The van der Waals surface area contributed by atoms with E-state index in [9.17, 15) is 4.79 Å². The predicted molar refractivity (Wildman–Crippen MR) is 146 cm³/mol. The average molecular weight is 511 g/mol. The maximum atomic E-state index is 12.5. The van der Waals surface area contributed by atoms with E-state index < -0.39 is 0 Å². The molecule has 6 nitrogen and oxygen atoms in total. The van der Waals surface area contributed by atoms with Gasteiger partial charge in [0.05, 0.1) is 13.0 Å². The molecule has 0 bridgehead atoms. The third kappa shape index (κ3) is 6.32. The van der Waals surface area contributed by atoms with Gasteiger partial charge in [0.25, 0.3) is 0 Å². The molecule has 0 aliphatic carbocycles. The summed E-state index contributed by atoms with van der Waals surface area (Å²) in [6.07, 6.45) is 1.78. The van der Waals surface area contributed by atoms with Crippen molar-refractivity contribution >= 4 is 5.97 Å². The SMILES string of the molecule is COC(=O)[C@H]1CN(Cc2ccccc2)C[C@H]1CCc1cccc(OCc2nc(-c3ccccc3)oc2C)c1. The van der Waals surface area contributed by atoms with Crippen molar-refractivity contribution in [3.63, 3.8) is 0 Å². The summed E-state index contributed by atoms with van der Waals surface area (Å²) >= 11 is 0. The summed E-state index contributed by atoms with van der Waals surface area (Å²) in [5, 5.41) is 0. The molecule has 1 saturated heterocycles. The number of carbonyl (C=O) groups excluding carboxylic acids is 1. The standard InChI is InChI=1S/C32H34N2O4/c1-23-30(33-31(38-23)26-13-7-4-8-14-26)22-37-28-15-9-12-24(18-28)16-17-27-20-34(21-29(27)32(35)36-2)19-25-10-5-3-6-11-25/h3-15,18,27,29H,16-17,19-22H2,1-2H3/t27-,29+/m1/s1. The second kappa shape index (κ2) is 12.1. The molecular formula is C32H34N2O4. The van der Waals surface area contributed by atoms with Crippen molar-refractivity contribution < 1.29 is 18.7 Å². The molecular weight excluding hydrogens is 476 g/mol. The summed E-state index contributed by atoms with van der Waals surface area (Å²) in [5.74, 6) is 2.21. The van der Waals surface area contributed by atoms with Crippen molar-refractivity contribution in [1.29, 1.82) is 0 Å². The Balaban J connectivity index is 1.19. The first kappa shape index (κ1) is 25.7. The predicted octanol–water partition coefficient (Wildman–Crippen LogP) is 6.08. The number of aryl methyl sites for hydroxylation is 2. The van der Waals surface area contributed by atoms with Crippen molar-refractivity contribution in [2.24, 2.45) is 11.8 Å². The highest BCUT2D eigenvalue weighted by atomic mass is 16.5. The highest BCUT2D eigenvalue weighted by Crippen LogP contribution is 2.30. The number of rotatable bonds is 10. The third-order valence-corrected chi connectivity index (χ3v) is 7.26. The van der Waals surface area contributed by atoms with Gasteiger partial charge in [0.15, 0.2) is 0 Å². The molecule has 0 amide bonds. The van der Waals surface area contributed by atoms with Gasteiger partial charge in [-0.1, -0.05) is 60.7 Å². The van der Waals surface area contributed by atoms with E-state index in [1.54, 1.807) is 0 Å². The topological polar surface area (TPSA) is 64.8 Å². The number of likely N-dealkylation sites (tertiary alicyclic amines) is 1. The number of aromatic nitrogens is 1. The Morgan fingerprint density at radius 3 is 2.47 bits per heavy atom. The van der Waals surface area contributed by atoms with Crippen LogP contribution >= 0.6 is 0 Å². The van der Waals surface area contributed by atoms with E-state index >= 15 is 0 Å². The fourth-order valence-electron chi connectivity index (χ4n) is 5.20. The van der Waals surface area contributed by atoms with Crippen LogP contribution < -0.4 is 4.74 Å². The Labute approximate surface area is 224 Å². The zero-order valence-corrected chi connectivity index (χ0v) is 22.0. The number of benzene rings is 3. The summed E-state index contributed by atoms with van der Waals surface area (Å²) in [5.41, 5.74) is 4.19. The molecule has 38 heavy (non-hydrogen) atoms. The Morgan fingerprint density at radius 1 is 0.974 bits per heavy atom. The first-order valence-corrected chi connectivity index (χ1v) is 13.2. The van der Waals surface area contributed by atoms with Gasteiger partial charge in [-0.2, -0.15) is 0 Å². The minimum Gasteiger partial charge on any atom is -0.487 e. The highest BCUT2D eigenvalue weighted by Gasteiger charge is 2.37. The van der Waals surface area contributed by atoms with Crippen molar-refractivity contribution in [3.05, 3.63) is 108 Å². The molecule has 1 fully saturated rings. The summed E-state index contributed by atoms with van der Waals surface area (Å²) in [6.45, 7) is 4.72. The van der Waals surface area contributed by atoms with Crippen LogP contribution in [0.5, 0.6) is 5.75 Å². The normalized spacial score (nSPS) is 17.4. The van der Waals surface area contributed by atoms with E-state index in [0.717, 1.165) is 55.2 Å². The lowest BCUT2D eigenvalue weighted by Crippen LogP contribution is -2.25. The summed E-state index contributed by atoms with van der Waals surface area (Å²) in [6, 6.07) is 28.5. The van der Waals surface area contributed by atoms with Gasteiger partial charge in [0.2, 0.25) is 5.89 Å². The molecule has 0 saturated carbocycles. The smallest absolute Gasteiger partial charge is 0.310 e. The number of hydrogen-bond donors (Lipinski definition) is 0. The fourth-order valence-corrected chi connectivity index (χ4v) is 5.20. The number of esters is 1. The molecule has 6 heteroatoms. The number of ether oxygens (including phenoxy) is 2. The van der Waals surface area contributed by atoms with Gasteiger partial charge >= 0.3 is 5.97 Å². The maximum Gasteiger partial charge on any atom is 0.310 e. The molecule has 1 aliphatic rings. The molecule has 2 heterocycles. The van der Waals surface area contributed by atoms with Crippen molar-refractivity contribution in [2.45, 2.75) is 32.9 Å². The van der Waals surface area contributed by atoms with Gasteiger partial charge in [-0.3, -0.25) is 9.69 Å². The molecule has 0 N–H and O–H groups in total. The van der Waals surface area contributed by atoms with E-state index in [-0.39, 0.29) is 17.8 Å². The second-order valence-corrected chi connectivity index (χ2v) is 9.93. The minimum absolute atomic E-state index is 0.0999. The quantitative estimate of drug-likeness (QED) is 0.241. The second-order valence-electron chi connectivity index (χ2n) is 9.93. The first-order chi connectivity index (χ1) is 18.6. The highest BCUT2D eigenvalue weighted by molar-refractivity contribution is 5.73. The molecule has 1 aliphatic heterocycles. The van der Waals surface area contributed by atoms with Crippen molar-refractivity contribution in [3.8, 4) is 17.2 Å². The minimum atomic E-state index is -0.111. The van der Waals surface area contributed by atoms with Gasteiger partial charge in [-0.15, -0.1) is 0 Å². The molecule has 0 unspecified atom stereocenters. The van der Waals surface area contributed by atoms with Gasteiger partial charge < -0.3 is 13.9 Å². The van der Waals surface area contributed by atoms with Gasteiger partial charge in [-0.05, 0) is 61.1 Å². The number of hydrogen-bond acceptors (Lipinski definition) is 6. The molecule has 1 aromatic heterocycles. The van der Waals surface area contributed by atoms with E-state index in [1.165, 1.54) is 18.2 Å². The fraction of sp³-hybridized carbons (Fsp3) is 0.312. The van der Waals surface area contributed by atoms with Crippen LogP contribution in [0.4, 0.5) is 0 Å². The van der Waals surface area contributed by atoms with Crippen LogP contribution in [-0.2, 0) is 29.1 Å². The Hall–Kier alpha value is -3.90. The van der Waals surface area contributed by atoms with Gasteiger partial charge in [-0.25, -0.2) is 4.98 Å². The molecule has 5 rings (SSSR count). The summed E-state index contributed by atoms with van der Waals surface area (Å²) < 4.78 is 17.1. The van der Waals surface area contributed by atoms with Crippen molar-refractivity contribution in [1.82, 2.24) is 9.88 Å². The zero-order chi connectivity index (χ0) is 26.3. The Kier molecular flexibility index (Phi) is 8.19. The van der Waals surface area contributed by atoms with Gasteiger partial charge in [0, 0.05) is 25.2 Å². The van der Waals surface area contributed by atoms with E-state index in [4.69, 9.17) is 13.9 Å². The molecule has 2 atom stereocenters. The van der Waals surface area contributed by atoms with Gasteiger partial charge in [0.1, 0.15) is 23.8 Å². The molecule has 0 spiro atoms. The maximum absolute atomic E-state index is 12.5. The van der Waals surface area contributed by atoms with Crippen molar-refractivity contribution in [2.75, 3.05) is 20.2 Å². The summed E-state index contributed by atoms with van der Waals surface area (Å²) in [7, 11) is 1.49. The van der Waals surface area contributed by atoms with Crippen LogP contribution in [0.1, 0.15) is 29.0 Å². The largest absolute Gasteiger partial charge is 0.487 e. The molecule has 0 radical (unpaired) electrons. The van der Waals surface area contributed by atoms with E-state index in [2.05, 4.69) is 46.3 Å². The molecule has 4 aromatic rings. The monoisotopic (exact) mass is 510 g/mol. The first-order valence-electron chi connectivity index (χ1n) is 13.2. The van der Waals surface area contributed by atoms with Crippen LogP contribution in [0.3, 0.4) is 0 Å². The lowest BCUT2D eigenvalue weighted by atomic mass is 9.90. The Morgan fingerprint density at radius 2 is 1.71 bits per heavy atom. The number of nitrogens with zero attached hydrogens (tertiary/aromatic N) is 2. The van der Waals surface area contributed by atoms with Crippen LogP contribution in [-0.4, -0.2) is 36.1 Å². The zero-order valence-electron chi connectivity index (χ0n) is 22.0. The lowest BCUT2D eigenvalue weighted by Gasteiger charge is -2.16. The van der Waals surface area contributed by atoms with Crippen LogP contribution in [0, 0.1) is 18.8 Å². The number of oxazole rings is 1. The van der Waals surface area contributed by atoms with E-state index in [0.29, 0.717) is 12.5 Å². The molecule has 196 valence electrons. The number of methoxy groups -OCH3 is 1. The Bertz CT molecular complexity index is 1340. The average Bonchev–Trinajstić information content (AvgIpc) is 3.54. The van der Waals surface area contributed by atoms with Crippen LogP contribution in [0.25, 0.3) is 11.5 Å². The van der Waals surface area contributed by atoms with Crippen LogP contribution in [0.15, 0.2) is 89.3 Å². The number of carbonyl (C=O) groups is 1. The van der Waals surface area contributed by atoms with Crippen LogP contribution in [0.2, 0.25) is 0 Å². The van der Waals surface area contributed by atoms with E-state index in [1.807, 2.05) is 55.5 Å².